The first-order chi connectivity index (χ1) is 9.79. The molecule has 1 aromatic heterocycles. The third kappa shape index (κ3) is 3.96. The quantitative estimate of drug-likeness (QED) is 0.930. The van der Waals surface area contributed by atoms with Gasteiger partial charge in [0.2, 0.25) is 5.82 Å². The SMILES string of the molecule is CCNc1cc(N2C[C@@H](C)O[C@@H](C)C2)nc(C(F)(F)F)n1. The third-order valence-electron chi connectivity index (χ3n) is 3.07. The summed E-state index contributed by atoms with van der Waals surface area (Å²) in [6.07, 6.45) is -4.68. The number of halogens is 3. The van der Waals surface area contributed by atoms with Crippen molar-refractivity contribution in [3.05, 3.63) is 11.9 Å². The zero-order chi connectivity index (χ0) is 15.6. The second-order valence-electron chi connectivity index (χ2n) is 5.13. The van der Waals surface area contributed by atoms with Crippen LogP contribution >= 0.6 is 0 Å². The van der Waals surface area contributed by atoms with Crippen LogP contribution in [-0.4, -0.2) is 41.8 Å². The molecule has 0 unspecified atom stereocenters. The molecule has 2 heterocycles. The van der Waals surface area contributed by atoms with E-state index in [9.17, 15) is 13.2 Å². The van der Waals surface area contributed by atoms with Gasteiger partial charge in [-0.1, -0.05) is 0 Å². The molecule has 0 saturated carbocycles. The number of hydrogen-bond acceptors (Lipinski definition) is 5. The number of nitrogens with one attached hydrogen (secondary N) is 1. The highest BCUT2D eigenvalue weighted by atomic mass is 19.4. The average molecular weight is 304 g/mol. The predicted octanol–water partition coefficient (Wildman–Crippen LogP) is 2.54. The fourth-order valence-corrected chi connectivity index (χ4v) is 2.36. The van der Waals surface area contributed by atoms with Gasteiger partial charge in [0.05, 0.1) is 12.2 Å². The monoisotopic (exact) mass is 304 g/mol. The molecular formula is C13H19F3N4O. The predicted molar refractivity (Wildman–Crippen MR) is 73.4 cm³/mol. The number of alkyl halides is 3. The maximum absolute atomic E-state index is 12.9. The summed E-state index contributed by atoms with van der Waals surface area (Å²) in [4.78, 5) is 9.00. The van der Waals surface area contributed by atoms with Crippen LogP contribution in [0.5, 0.6) is 0 Å². The number of morpholine rings is 1. The van der Waals surface area contributed by atoms with Crippen molar-refractivity contribution in [3.8, 4) is 0 Å². The fourth-order valence-electron chi connectivity index (χ4n) is 2.36. The molecule has 1 aromatic rings. The average Bonchev–Trinajstić information content (AvgIpc) is 2.36. The molecule has 1 fully saturated rings. The lowest BCUT2D eigenvalue weighted by molar-refractivity contribution is -0.144. The van der Waals surface area contributed by atoms with Crippen molar-refractivity contribution >= 4 is 11.6 Å². The minimum absolute atomic E-state index is 0.0550. The van der Waals surface area contributed by atoms with E-state index in [1.54, 1.807) is 17.9 Å². The summed E-state index contributed by atoms with van der Waals surface area (Å²) in [5, 5.41) is 2.81. The van der Waals surface area contributed by atoms with Gasteiger partial charge in [-0.2, -0.15) is 13.2 Å². The molecule has 118 valence electrons. The molecule has 2 atom stereocenters. The minimum Gasteiger partial charge on any atom is -0.372 e. The van der Waals surface area contributed by atoms with Crippen molar-refractivity contribution in [3.63, 3.8) is 0 Å². The topological polar surface area (TPSA) is 50.3 Å². The summed E-state index contributed by atoms with van der Waals surface area (Å²) in [5.41, 5.74) is 0. The molecule has 0 spiro atoms. The summed E-state index contributed by atoms with van der Waals surface area (Å²) < 4.78 is 44.3. The summed E-state index contributed by atoms with van der Waals surface area (Å²) in [5.74, 6) is -0.667. The van der Waals surface area contributed by atoms with Gasteiger partial charge < -0.3 is 15.0 Å². The van der Waals surface area contributed by atoms with Crippen LogP contribution in [0.15, 0.2) is 6.07 Å². The largest absolute Gasteiger partial charge is 0.451 e. The Kier molecular flexibility index (Phi) is 4.55. The maximum Gasteiger partial charge on any atom is 0.451 e. The molecule has 1 saturated heterocycles. The van der Waals surface area contributed by atoms with Gasteiger partial charge in [-0.15, -0.1) is 0 Å². The number of anilines is 2. The van der Waals surface area contributed by atoms with Crippen molar-refractivity contribution < 1.29 is 17.9 Å². The molecule has 21 heavy (non-hydrogen) atoms. The normalized spacial score (nSPS) is 23.2. The summed E-state index contributed by atoms with van der Waals surface area (Å²) in [7, 11) is 0. The molecule has 0 radical (unpaired) electrons. The molecule has 8 heteroatoms. The van der Waals surface area contributed by atoms with Crippen LogP contribution in [0.3, 0.4) is 0 Å². The Hall–Kier alpha value is -1.57. The summed E-state index contributed by atoms with van der Waals surface area (Å²) in [6.45, 7) is 7.07. The molecule has 0 bridgehead atoms. The second-order valence-corrected chi connectivity index (χ2v) is 5.13. The van der Waals surface area contributed by atoms with Gasteiger partial charge in [-0.25, -0.2) is 9.97 Å². The Morgan fingerprint density at radius 2 is 1.90 bits per heavy atom. The lowest BCUT2D eigenvalue weighted by Gasteiger charge is -2.36. The summed E-state index contributed by atoms with van der Waals surface area (Å²) >= 11 is 0. The van der Waals surface area contributed by atoms with Crippen LogP contribution in [-0.2, 0) is 10.9 Å². The van der Waals surface area contributed by atoms with E-state index in [1.807, 2.05) is 13.8 Å². The van der Waals surface area contributed by atoms with E-state index in [2.05, 4.69) is 15.3 Å². The lowest BCUT2D eigenvalue weighted by Crippen LogP contribution is -2.46. The Morgan fingerprint density at radius 3 is 2.43 bits per heavy atom. The van der Waals surface area contributed by atoms with Crippen molar-refractivity contribution in [2.24, 2.45) is 0 Å². The minimum atomic E-state index is -4.57. The van der Waals surface area contributed by atoms with Crippen molar-refractivity contribution in [1.29, 1.82) is 0 Å². The van der Waals surface area contributed by atoms with Crippen molar-refractivity contribution in [1.82, 2.24) is 9.97 Å². The Balaban J connectivity index is 2.35. The molecule has 5 nitrogen and oxygen atoms in total. The molecule has 1 aliphatic heterocycles. The van der Waals surface area contributed by atoms with Crippen LogP contribution in [0.25, 0.3) is 0 Å². The van der Waals surface area contributed by atoms with Gasteiger partial charge in [-0.05, 0) is 20.8 Å². The van der Waals surface area contributed by atoms with Gasteiger partial charge in [0.25, 0.3) is 0 Å². The van der Waals surface area contributed by atoms with Gasteiger partial charge in [0.15, 0.2) is 0 Å². The molecule has 2 rings (SSSR count). The van der Waals surface area contributed by atoms with E-state index < -0.39 is 12.0 Å². The highest BCUT2D eigenvalue weighted by Gasteiger charge is 2.36. The van der Waals surface area contributed by atoms with Crippen LogP contribution in [0.2, 0.25) is 0 Å². The van der Waals surface area contributed by atoms with Gasteiger partial charge >= 0.3 is 6.18 Å². The van der Waals surface area contributed by atoms with E-state index >= 15 is 0 Å². The Morgan fingerprint density at radius 1 is 1.29 bits per heavy atom. The Labute approximate surface area is 121 Å². The van der Waals surface area contributed by atoms with Gasteiger partial charge in [0, 0.05) is 25.7 Å². The van der Waals surface area contributed by atoms with Crippen LogP contribution in [0, 0.1) is 0 Å². The summed E-state index contributed by atoms with van der Waals surface area (Å²) in [6, 6.07) is 1.55. The fraction of sp³-hybridized carbons (Fsp3) is 0.692. The van der Waals surface area contributed by atoms with Crippen LogP contribution in [0.4, 0.5) is 24.8 Å². The zero-order valence-corrected chi connectivity index (χ0v) is 12.2. The molecular weight excluding hydrogens is 285 g/mol. The molecule has 1 aliphatic rings. The van der Waals surface area contributed by atoms with Crippen LogP contribution < -0.4 is 10.2 Å². The first-order valence-electron chi connectivity index (χ1n) is 6.90. The van der Waals surface area contributed by atoms with Crippen LogP contribution in [0.1, 0.15) is 26.6 Å². The number of aromatic nitrogens is 2. The van der Waals surface area contributed by atoms with E-state index in [0.29, 0.717) is 19.6 Å². The van der Waals surface area contributed by atoms with E-state index in [0.717, 1.165) is 0 Å². The highest BCUT2D eigenvalue weighted by Crippen LogP contribution is 2.30. The Bertz CT molecular complexity index is 485. The van der Waals surface area contributed by atoms with Gasteiger partial charge in [0.1, 0.15) is 11.6 Å². The standard InChI is InChI=1S/C13H19F3N4O/c1-4-17-10-5-11(19-12(18-10)13(14,15)16)20-6-8(2)21-9(3)7-20/h5,8-9H,4,6-7H2,1-3H3,(H,17,18,19)/t8-,9+. The first kappa shape index (κ1) is 15.8. The smallest absolute Gasteiger partial charge is 0.372 e. The second kappa shape index (κ2) is 6.05. The van der Waals surface area contributed by atoms with Gasteiger partial charge in [-0.3, -0.25) is 0 Å². The third-order valence-corrected chi connectivity index (χ3v) is 3.07. The van der Waals surface area contributed by atoms with E-state index in [1.165, 1.54) is 0 Å². The zero-order valence-electron chi connectivity index (χ0n) is 12.2. The van der Waals surface area contributed by atoms with E-state index in [-0.39, 0.29) is 23.8 Å². The molecule has 0 aromatic carbocycles. The maximum atomic E-state index is 12.9. The van der Waals surface area contributed by atoms with E-state index in [4.69, 9.17) is 4.74 Å². The highest BCUT2D eigenvalue weighted by molar-refractivity contribution is 5.50. The number of nitrogens with zero attached hydrogens (tertiary/aromatic N) is 3. The molecule has 0 amide bonds. The van der Waals surface area contributed by atoms with Crippen molar-refractivity contribution in [2.45, 2.75) is 39.2 Å². The lowest BCUT2D eigenvalue weighted by atomic mass is 10.2. The molecule has 1 N–H and O–H groups in total. The van der Waals surface area contributed by atoms with Crippen molar-refractivity contribution in [2.75, 3.05) is 29.9 Å². The number of hydrogen-bond donors (Lipinski definition) is 1. The number of rotatable bonds is 3. The molecule has 0 aliphatic carbocycles. The first-order valence-corrected chi connectivity index (χ1v) is 6.90. The number of ether oxygens (including phenoxy) is 1.